The van der Waals surface area contributed by atoms with Crippen LogP contribution < -0.4 is 10.6 Å². The molecule has 0 heterocycles. The molecule has 4 nitrogen and oxygen atoms in total. The van der Waals surface area contributed by atoms with E-state index in [1.54, 1.807) is 24.3 Å². The molecule has 0 aliphatic heterocycles. The highest BCUT2D eigenvalue weighted by atomic mass is 16.2. The Labute approximate surface area is 136 Å². The van der Waals surface area contributed by atoms with Gasteiger partial charge >= 0.3 is 0 Å². The maximum atomic E-state index is 12.3. The molecule has 2 aromatic carbocycles. The lowest BCUT2D eigenvalue weighted by molar-refractivity contribution is -0.116. The molecule has 0 saturated heterocycles. The van der Waals surface area contributed by atoms with Crippen molar-refractivity contribution in [3.05, 3.63) is 59.2 Å². The van der Waals surface area contributed by atoms with E-state index in [1.807, 2.05) is 32.9 Å². The van der Waals surface area contributed by atoms with E-state index >= 15 is 0 Å². The number of aryl methyl sites for hydroxylation is 2. The summed E-state index contributed by atoms with van der Waals surface area (Å²) in [7, 11) is 0. The first-order valence-electron chi connectivity index (χ1n) is 7.62. The van der Waals surface area contributed by atoms with Crippen LogP contribution in [0.15, 0.2) is 42.5 Å². The number of carbonyl (C=O) groups excluding carboxylic acids is 2. The smallest absolute Gasteiger partial charge is 0.246 e. The number of rotatable bonds is 5. The minimum atomic E-state index is -0.391. The Balaban J connectivity index is 2.05. The third-order valence-corrected chi connectivity index (χ3v) is 3.53. The third-order valence-electron chi connectivity index (χ3n) is 3.53. The molecule has 2 aromatic rings. The van der Waals surface area contributed by atoms with Crippen molar-refractivity contribution in [2.75, 3.05) is 10.6 Å². The summed E-state index contributed by atoms with van der Waals surface area (Å²) in [5, 5.41) is 6.03. The van der Waals surface area contributed by atoms with Gasteiger partial charge in [0.05, 0.1) is 0 Å². The van der Waals surface area contributed by atoms with Crippen molar-refractivity contribution in [1.29, 1.82) is 0 Å². The molecule has 0 bridgehead atoms. The fourth-order valence-electron chi connectivity index (χ4n) is 2.44. The Hall–Kier alpha value is -2.62. The molecule has 1 unspecified atom stereocenters. The zero-order valence-electron chi connectivity index (χ0n) is 13.9. The number of hydrogen-bond donors (Lipinski definition) is 2. The summed E-state index contributed by atoms with van der Waals surface area (Å²) in [4.78, 5) is 23.7. The van der Waals surface area contributed by atoms with Gasteiger partial charge in [-0.15, -0.1) is 0 Å². The van der Waals surface area contributed by atoms with E-state index in [9.17, 15) is 9.59 Å². The molecule has 0 radical (unpaired) electrons. The molecule has 2 rings (SSSR count). The average molecular weight is 310 g/mol. The molecule has 0 spiro atoms. The Morgan fingerprint density at radius 1 is 0.957 bits per heavy atom. The summed E-state index contributed by atoms with van der Waals surface area (Å²) < 4.78 is 0. The number of anilines is 2. The van der Waals surface area contributed by atoms with Crippen LogP contribution in [-0.2, 0) is 4.79 Å². The van der Waals surface area contributed by atoms with E-state index in [0.717, 1.165) is 16.8 Å². The largest absolute Gasteiger partial charge is 0.374 e. The number of benzene rings is 2. The molecule has 0 aliphatic carbocycles. The monoisotopic (exact) mass is 310 g/mol. The van der Waals surface area contributed by atoms with Gasteiger partial charge in [-0.1, -0.05) is 18.2 Å². The fourth-order valence-corrected chi connectivity index (χ4v) is 2.44. The van der Waals surface area contributed by atoms with Crippen LogP contribution in [0, 0.1) is 13.8 Å². The molecule has 0 fully saturated rings. The maximum Gasteiger partial charge on any atom is 0.246 e. The lowest BCUT2D eigenvalue weighted by atomic mass is 10.1. The van der Waals surface area contributed by atoms with E-state index in [4.69, 9.17) is 0 Å². The number of ketones is 1. The second kappa shape index (κ2) is 7.09. The number of carbonyl (C=O) groups is 2. The van der Waals surface area contributed by atoms with Crippen LogP contribution in [0.1, 0.15) is 35.3 Å². The molecule has 23 heavy (non-hydrogen) atoms. The highest BCUT2D eigenvalue weighted by Gasteiger charge is 2.13. The van der Waals surface area contributed by atoms with Crippen molar-refractivity contribution in [2.24, 2.45) is 0 Å². The molecular weight excluding hydrogens is 288 g/mol. The fraction of sp³-hybridized carbons (Fsp3) is 0.263. The molecule has 120 valence electrons. The Kier molecular flexibility index (Phi) is 5.16. The zero-order valence-corrected chi connectivity index (χ0v) is 13.9. The van der Waals surface area contributed by atoms with Crippen LogP contribution >= 0.6 is 0 Å². The summed E-state index contributed by atoms with van der Waals surface area (Å²) in [5.74, 6) is -0.174. The second-order valence-electron chi connectivity index (χ2n) is 5.87. The SMILES string of the molecule is CC(=O)c1cccc(NC(=O)C(C)Nc2cc(C)cc(C)c2)c1. The lowest BCUT2D eigenvalue weighted by Crippen LogP contribution is -2.31. The number of nitrogens with one attached hydrogen (secondary N) is 2. The van der Waals surface area contributed by atoms with E-state index in [-0.39, 0.29) is 11.7 Å². The molecule has 1 amide bonds. The molecule has 0 aliphatic rings. The molecule has 0 saturated carbocycles. The van der Waals surface area contributed by atoms with E-state index < -0.39 is 6.04 Å². The van der Waals surface area contributed by atoms with Crippen molar-refractivity contribution in [3.8, 4) is 0 Å². The number of hydrogen-bond acceptors (Lipinski definition) is 3. The van der Waals surface area contributed by atoms with Crippen molar-refractivity contribution in [3.63, 3.8) is 0 Å². The van der Waals surface area contributed by atoms with Crippen LogP contribution in [0.2, 0.25) is 0 Å². The Morgan fingerprint density at radius 2 is 1.61 bits per heavy atom. The molecule has 4 heteroatoms. The topological polar surface area (TPSA) is 58.2 Å². The minimum absolute atomic E-state index is 0.0255. The van der Waals surface area contributed by atoms with Gasteiger partial charge in [0.15, 0.2) is 5.78 Å². The number of amides is 1. The first-order chi connectivity index (χ1) is 10.8. The molecule has 0 aromatic heterocycles. The van der Waals surface area contributed by atoms with Crippen LogP contribution in [0.5, 0.6) is 0 Å². The molecule has 1 atom stereocenters. The van der Waals surface area contributed by atoms with Crippen molar-refractivity contribution < 1.29 is 9.59 Å². The standard InChI is InChI=1S/C19H22N2O2/c1-12-8-13(2)10-18(9-12)20-14(3)19(23)21-17-7-5-6-16(11-17)15(4)22/h5-11,14,20H,1-4H3,(H,21,23). The minimum Gasteiger partial charge on any atom is -0.374 e. The lowest BCUT2D eigenvalue weighted by Gasteiger charge is -2.16. The number of Topliss-reactive ketones (excluding diaryl/α,β-unsaturated/α-hetero) is 1. The first kappa shape index (κ1) is 16.7. The predicted molar refractivity (Wildman–Crippen MR) is 94.1 cm³/mol. The summed E-state index contributed by atoms with van der Waals surface area (Å²) in [5.41, 5.74) is 4.42. The van der Waals surface area contributed by atoms with Crippen molar-refractivity contribution >= 4 is 23.1 Å². The third kappa shape index (κ3) is 4.68. The van der Waals surface area contributed by atoms with Crippen LogP contribution in [0.4, 0.5) is 11.4 Å². The van der Waals surface area contributed by atoms with Gasteiger partial charge in [0, 0.05) is 16.9 Å². The van der Waals surface area contributed by atoms with Crippen LogP contribution in [0.3, 0.4) is 0 Å². The van der Waals surface area contributed by atoms with Crippen molar-refractivity contribution in [2.45, 2.75) is 33.7 Å². The normalized spacial score (nSPS) is 11.7. The van der Waals surface area contributed by atoms with Gasteiger partial charge in [-0.3, -0.25) is 9.59 Å². The predicted octanol–water partition coefficient (Wildman–Crippen LogP) is 3.95. The van der Waals surface area contributed by atoms with Gasteiger partial charge in [-0.05, 0) is 63.1 Å². The zero-order chi connectivity index (χ0) is 17.0. The van der Waals surface area contributed by atoms with E-state index in [0.29, 0.717) is 11.3 Å². The summed E-state index contributed by atoms with van der Waals surface area (Å²) in [6, 6.07) is 12.7. The first-order valence-corrected chi connectivity index (χ1v) is 7.62. The highest BCUT2D eigenvalue weighted by molar-refractivity contribution is 5.99. The average Bonchev–Trinajstić information content (AvgIpc) is 2.46. The summed E-state index contributed by atoms with van der Waals surface area (Å²) in [6.45, 7) is 7.36. The Morgan fingerprint density at radius 3 is 2.22 bits per heavy atom. The van der Waals surface area contributed by atoms with Crippen molar-refractivity contribution in [1.82, 2.24) is 0 Å². The molecular formula is C19H22N2O2. The highest BCUT2D eigenvalue weighted by Crippen LogP contribution is 2.16. The van der Waals surface area contributed by atoms with Gasteiger partial charge in [0.25, 0.3) is 0 Å². The van der Waals surface area contributed by atoms with Gasteiger partial charge < -0.3 is 10.6 Å². The van der Waals surface area contributed by atoms with Gasteiger partial charge in [0.2, 0.25) is 5.91 Å². The Bertz CT molecular complexity index is 718. The van der Waals surface area contributed by atoms with Gasteiger partial charge in [-0.2, -0.15) is 0 Å². The maximum absolute atomic E-state index is 12.3. The summed E-state index contributed by atoms with van der Waals surface area (Å²) >= 11 is 0. The van der Waals surface area contributed by atoms with Gasteiger partial charge in [0.1, 0.15) is 6.04 Å². The van der Waals surface area contributed by atoms with Crippen LogP contribution in [0.25, 0.3) is 0 Å². The van der Waals surface area contributed by atoms with Gasteiger partial charge in [-0.25, -0.2) is 0 Å². The quantitative estimate of drug-likeness (QED) is 0.822. The van der Waals surface area contributed by atoms with E-state index in [1.165, 1.54) is 6.92 Å². The van der Waals surface area contributed by atoms with E-state index in [2.05, 4.69) is 16.7 Å². The summed E-state index contributed by atoms with van der Waals surface area (Å²) in [6.07, 6.45) is 0. The van der Waals surface area contributed by atoms with Crippen LogP contribution in [-0.4, -0.2) is 17.7 Å². The second-order valence-corrected chi connectivity index (χ2v) is 5.87. The molecule has 2 N–H and O–H groups in total.